The van der Waals surface area contributed by atoms with E-state index in [2.05, 4.69) is 20.9 Å². The van der Waals surface area contributed by atoms with E-state index in [1.54, 1.807) is 23.1 Å². The second-order valence-corrected chi connectivity index (χ2v) is 6.98. The molecule has 1 heterocycles. The first-order chi connectivity index (χ1) is 12.0. The minimum absolute atomic E-state index is 0.0223. The molecule has 0 bridgehead atoms. The maximum absolute atomic E-state index is 13.6. The SMILES string of the molecule is CSCc1nc(CCNC(=O)Nc2ccc(F)c(NC(C)=O)c2)cs1. The molecule has 2 rings (SSSR count). The van der Waals surface area contributed by atoms with Crippen LogP contribution in [0.1, 0.15) is 17.6 Å². The van der Waals surface area contributed by atoms with Crippen LogP contribution in [0.4, 0.5) is 20.6 Å². The lowest BCUT2D eigenvalue weighted by Gasteiger charge is -2.09. The standard InChI is InChI=1S/C16H19FN4O2S2/c1-10(22)19-14-7-11(3-4-13(14)17)21-16(23)18-6-5-12-8-25-15(20-12)9-24-2/h3-4,7-8H,5-6,9H2,1-2H3,(H,19,22)(H2,18,21,23). The molecule has 0 radical (unpaired) electrons. The molecule has 25 heavy (non-hydrogen) atoms. The number of urea groups is 1. The Balaban J connectivity index is 1.82. The van der Waals surface area contributed by atoms with E-state index in [4.69, 9.17) is 0 Å². The van der Waals surface area contributed by atoms with Gasteiger partial charge in [-0.2, -0.15) is 11.8 Å². The number of benzene rings is 1. The van der Waals surface area contributed by atoms with Crippen LogP contribution in [0.25, 0.3) is 0 Å². The number of carbonyl (C=O) groups excluding carboxylic acids is 2. The summed E-state index contributed by atoms with van der Waals surface area (Å²) in [5.41, 5.74) is 1.36. The highest BCUT2D eigenvalue weighted by molar-refractivity contribution is 7.97. The molecule has 0 aliphatic rings. The highest BCUT2D eigenvalue weighted by Gasteiger charge is 2.08. The number of nitrogens with one attached hydrogen (secondary N) is 3. The van der Waals surface area contributed by atoms with Gasteiger partial charge in [0.2, 0.25) is 5.91 Å². The summed E-state index contributed by atoms with van der Waals surface area (Å²) in [6.45, 7) is 1.73. The summed E-state index contributed by atoms with van der Waals surface area (Å²) in [6.07, 6.45) is 2.67. The van der Waals surface area contributed by atoms with Crippen molar-refractivity contribution in [2.45, 2.75) is 19.1 Å². The van der Waals surface area contributed by atoms with Gasteiger partial charge < -0.3 is 16.0 Å². The average Bonchev–Trinajstić information content (AvgIpc) is 2.98. The van der Waals surface area contributed by atoms with Crippen molar-refractivity contribution in [3.8, 4) is 0 Å². The third-order valence-electron chi connectivity index (χ3n) is 3.07. The van der Waals surface area contributed by atoms with Crippen molar-refractivity contribution in [1.29, 1.82) is 0 Å². The molecule has 0 atom stereocenters. The zero-order chi connectivity index (χ0) is 18.2. The molecule has 1 aromatic heterocycles. The van der Waals surface area contributed by atoms with Gasteiger partial charge in [0.05, 0.1) is 11.4 Å². The van der Waals surface area contributed by atoms with Gasteiger partial charge in [0, 0.05) is 36.7 Å². The van der Waals surface area contributed by atoms with Crippen LogP contribution < -0.4 is 16.0 Å². The van der Waals surface area contributed by atoms with Crippen molar-refractivity contribution >= 4 is 46.4 Å². The predicted molar refractivity (Wildman–Crippen MR) is 101 cm³/mol. The molecule has 3 amide bonds. The van der Waals surface area contributed by atoms with E-state index in [9.17, 15) is 14.0 Å². The Morgan fingerprint density at radius 3 is 2.84 bits per heavy atom. The number of halogens is 1. The Morgan fingerprint density at radius 1 is 1.32 bits per heavy atom. The molecule has 0 spiro atoms. The third-order valence-corrected chi connectivity index (χ3v) is 4.71. The van der Waals surface area contributed by atoms with Gasteiger partial charge in [0.15, 0.2) is 0 Å². The molecule has 0 aliphatic carbocycles. The molecule has 9 heteroatoms. The van der Waals surface area contributed by atoms with Crippen LogP contribution in [-0.4, -0.2) is 29.7 Å². The molecule has 0 fully saturated rings. The lowest BCUT2D eigenvalue weighted by atomic mass is 10.2. The summed E-state index contributed by atoms with van der Waals surface area (Å²) in [5.74, 6) is -0.0601. The van der Waals surface area contributed by atoms with Crippen LogP contribution >= 0.6 is 23.1 Å². The highest BCUT2D eigenvalue weighted by atomic mass is 32.2. The lowest BCUT2D eigenvalue weighted by molar-refractivity contribution is -0.114. The highest BCUT2D eigenvalue weighted by Crippen LogP contribution is 2.19. The van der Waals surface area contributed by atoms with Crippen LogP contribution in [0, 0.1) is 5.82 Å². The Morgan fingerprint density at radius 2 is 2.12 bits per heavy atom. The largest absolute Gasteiger partial charge is 0.337 e. The van der Waals surface area contributed by atoms with E-state index < -0.39 is 11.8 Å². The number of anilines is 2. The molecule has 0 saturated carbocycles. The van der Waals surface area contributed by atoms with Gasteiger partial charge in [-0.25, -0.2) is 14.2 Å². The molecule has 134 valence electrons. The molecule has 0 aliphatic heterocycles. The second kappa shape index (κ2) is 9.38. The fraction of sp³-hybridized carbons (Fsp3) is 0.312. The van der Waals surface area contributed by atoms with Gasteiger partial charge in [-0.1, -0.05) is 0 Å². The third kappa shape index (κ3) is 6.35. The lowest BCUT2D eigenvalue weighted by Crippen LogP contribution is -2.30. The van der Waals surface area contributed by atoms with Crippen molar-refractivity contribution in [1.82, 2.24) is 10.3 Å². The minimum atomic E-state index is -0.564. The summed E-state index contributed by atoms with van der Waals surface area (Å²) in [5, 5.41) is 10.8. The monoisotopic (exact) mass is 382 g/mol. The normalized spacial score (nSPS) is 10.4. The van der Waals surface area contributed by atoms with E-state index in [1.165, 1.54) is 25.1 Å². The van der Waals surface area contributed by atoms with Crippen molar-refractivity contribution < 1.29 is 14.0 Å². The Kier molecular flexibility index (Phi) is 7.20. The Bertz CT molecular complexity index is 751. The maximum Gasteiger partial charge on any atom is 0.319 e. The topological polar surface area (TPSA) is 83.1 Å². The van der Waals surface area contributed by atoms with E-state index in [1.807, 2.05) is 11.6 Å². The molecular formula is C16H19FN4O2S2. The van der Waals surface area contributed by atoms with E-state index >= 15 is 0 Å². The summed E-state index contributed by atoms with van der Waals surface area (Å²) < 4.78 is 13.6. The fourth-order valence-corrected chi connectivity index (χ4v) is 3.57. The first kappa shape index (κ1) is 19.2. The number of thioether (sulfide) groups is 1. The molecule has 0 unspecified atom stereocenters. The van der Waals surface area contributed by atoms with Crippen molar-refractivity contribution in [2.75, 3.05) is 23.4 Å². The van der Waals surface area contributed by atoms with E-state index in [0.29, 0.717) is 18.7 Å². The van der Waals surface area contributed by atoms with E-state index in [0.717, 1.165) is 16.5 Å². The molecular weight excluding hydrogens is 363 g/mol. The first-order valence-corrected chi connectivity index (χ1v) is 9.79. The zero-order valence-electron chi connectivity index (χ0n) is 13.9. The number of carbonyl (C=O) groups is 2. The van der Waals surface area contributed by atoms with Crippen LogP contribution in [0.2, 0.25) is 0 Å². The van der Waals surface area contributed by atoms with Gasteiger partial charge in [0.1, 0.15) is 10.8 Å². The Labute approximate surface area is 153 Å². The summed E-state index contributed by atoms with van der Waals surface area (Å²) in [7, 11) is 0. The number of thiazole rings is 1. The van der Waals surface area contributed by atoms with Crippen LogP contribution in [-0.2, 0) is 17.0 Å². The summed E-state index contributed by atoms with van der Waals surface area (Å²) in [4.78, 5) is 27.4. The van der Waals surface area contributed by atoms with Crippen molar-refractivity contribution in [3.05, 3.63) is 40.1 Å². The van der Waals surface area contributed by atoms with Crippen LogP contribution in [0.15, 0.2) is 23.6 Å². The number of nitrogens with zero attached hydrogens (tertiary/aromatic N) is 1. The smallest absolute Gasteiger partial charge is 0.319 e. The summed E-state index contributed by atoms with van der Waals surface area (Å²) >= 11 is 3.33. The van der Waals surface area contributed by atoms with E-state index in [-0.39, 0.29) is 11.6 Å². The average molecular weight is 382 g/mol. The van der Waals surface area contributed by atoms with Crippen LogP contribution in [0.3, 0.4) is 0 Å². The second-order valence-electron chi connectivity index (χ2n) is 5.17. The van der Waals surface area contributed by atoms with Crippen molar-refractivity contribution in [3.63, 3.8) is 0 Å². The number of hydrogen-bond donors (Lipinski definition) is 3. The minimum Gasteiger partial charge on any atom is -0.337 e. The van der Waals surface area contributed by atoms with Gasteiger partial charge in [-0.15, -0.1) is 11.3 Å². The van der Waals surface area contributed by atoms with Crippen LogP contribution in [0.5, 0.6) is 0 Å². The fourth-order valence-electron chi connectivity index (χ4n) is 2.02. The Hall–Kier alpha value is -2.13. The van der Waals surface area contributed by atoms with Gasteiger partial charge in [-0.3, -0.25) is 4.79 Å². The molecule has 6 nitrogen and oxygen atoms in total. The molecule has 3 N–H and O–H groups in total. The molecule has 2 aromatic rings. The predicted octanol–water partition coefficient (Wildman–Crippen LogP) is 3.47. The first-order valence-electron chi connectivity index (χ1n) is 7.52. The quantitative estimate of drug-likeness (QED) is 0.685. The van der Waals surface area contributed by atoms with Gasteiger partial charge >= 0.3 is 6.03 Å². The molecule has 1 aromatic carbocycles. The summed E-state index contributed by atoms with van der Waals surface area (Å²) in [6, 6.07) is 3.57. The van der Waals surface area contributed by atoms with Gasteiger partial charge in [-0.05, 0) is 24.5 Å². The number of aromatic nitrogens is 1. The zero-order valence-corrected chi connectivity index (χ0v) is 15.5. The number of rotatable bonds is 7. The van der Waals surface area contributed by atoms with Gasteiger partial charge in [0.25, 0.3) is 0 Å². The van der Waals surface area contributed by atoms with Crippen molar-refractivity contribution in [2.24, 2.45) is 0 Å². The number of hydrogen-bond acceptors (Lipinski definition) is 5. The maximum atomic E-state index is 13.6. The number of amides is 3. The molecule has 0 saturated heterocycles.